The summed E-state index contributed by atoms with van der Waals surface area (Å²) in [5.41, 5.74) is 5.99. The van der Waals surface area contributed by atoms with Crippen LogP contribution in [0.5, 0.6) is 0 Å². The maximum absolute atomic E-state index is 10.2. The molecule has 0 fully saturated rings. The first-order valence-electron chi connectivity index (χ1n) is 3.84. The fourth-order valence-electron chi connectivity index (χ4n) is 1.17. The van der Waals surface area contributed by atoms with Crippen LogP contribution in [0.15, 0.2) is 11.6 Å². The first-order chi connectivity index (χ1) is 5.22. The van der Waals surface area contributed by atoms with Gasteiger partial charge in [-0.05, 0) is 24.3 Å². The van der Waals surface area contributed by atoms with E-state index < -0.39 is 6.09 Å². The Hall–Kier alpha value is -0.990. The van der Waals surface area contributed by atoms with Crippen molar-refractivity contribution in [2.75, 3.05) is 6.61 Å². The number of carbonyl (C=O) groups excluding carboxylic acids is 1. The molecule has 0 radical (unpaired) electrons. The standard InChI is InChI=1S/C8H13NO2/c1-2-6-3-7(4-6)5-11-8(9)10/h3,6H,2,4-5H2,1H3,(H2,9,10). The number of hydrogen-bond acceptors (Lipinski definition) is 2. The van der Waals surface area contributed by atoms with Gasteiger partial charge in [0.1, 0.15) is 6.61 Å². The molecule has 0 aromatic heterocycles. The quantitative estimate of drug-likeness (QED) is 0.627. The molecule has 0 aromatic carbocycles. The molecule has 2 N–H and O–H groups in total. The van der Waals surface area contributed by atoms with Crippen LogP contribution in [-0.4, -0.2) is 12.7 Å². The van der Waals surface area contributed by atoms with E-state index in [-0.39, 0.29) is 0 Å². The third-order valence-electron chi connectivity index (χ3n) is 1.92. The largest absolute Gasteiger partial charge is 0.445 e. The van der Waals surface area contributed by atoms with Gasteiger partial charge in [0, 0.05) is 0 Å². The highest BCUT2D eigenvalue weighted by Crippen LogP contribution is 2.28. The minimum atomic E-state index is -0.689. The van der Waals surface area contributed by atoms with Gasteiger partial charge in [-0.25, -0.2) is 4.79 Å². The summed E-state index contributed by atoms with van der Waals surface area (Å²) in [5, 5.41) is 0. The van der Waals surface area contributed by atoms with E-state index in [0.29, 0.717) is 12.5 Å². The van der Waals surface area contributed by atoms with Gasteiger partial charge in [-0.3, -0.25) is 0 Å². The highest BCUT2D eigenvalue weighted by molar-refractivity contribution is 5.64. The highest BCUT2D eigenvalue weighted by atomic mass is 16.5. The van der Waals surface area contributed by atoms with Crippen molar-refractivity contribution in [2.45, 2.75) is 19.8 Å². The molecule has 3 heteroatoms. The maximum Gasteiger partial charge on any atom is 0.404 e. The molecule has 1 unspecified atom stereocenters. The lowest BCUT2D eigenvalue weighted by atomic mass is 9.85. The van der Waals surface area contributed by atoms with E-state index in [2.05, 4.69) is 17.7 Å². The van der Waals surface area contributed by atoms with E-state index in [1.165, 1.54) is 12.0 Å². The number of rotatable bonds is 3. The van der Waals surface area contributed by atoms with Gasteiger partial charge >= 0.3 is 6.09 Å². The monoisotopic (exact) mass is 155 g/mol. The molecule has 0 saturated heterocycles. The molecule has 3 nitrogen and oxygen atoms in total. The van der Waals surface area contributed by atoms with Crippen molar-refractivity contribution in [3.05, 3.63) is 11.6 Å². The average molecular weight is 155 g/mol. The van der Waals surface area contributed by atoms with Crippen LogP contribution in [0.3, 0.4) is 0 Å². The SMILES string of the molecule is CCC1C=C(COC(N)=O)C1. The molecule has 1 aliphatic rings. The molecule has 0 saturated carbocycles. The van der Waals surface area contributed by atoms with Gasteiger partial charge in [0.05, 0.1) is 0 Å². The number of hydrogen-bond donors (Lipinski definition) is 1. The van der Waals surface area contributed by atoms with E-state index in [4.69, 9.17) is 5.73 Å². The predicted octanol–water partition coefficient (Wildman–Crippen LogP) is 1.44. The lowest BCUT2D eigenvalue weighted by molar-refractivity contribution is 0.163. The highest BCUT2D eigenvalue weighted by Gasteiger charge is 2.17. The predicted molar refractivity (Wildman–Crippen MR) is 42.0 cm³/mol. The maximum atomic E-state index is 10.2. The molecule has 0 spiro atoms. The third-order valence-corrected chi connectivity index (χ3v) is 1.92. The van der Waals surface area contributed by atoms with Crippen molar-refractivity contribution in [2.24, 2.45) is 11.7 Å². The first kappa shape index (κ1) is 8.11. The van der Waals surface area contributed by atoms with Crippen LogP contribution in [0.2, 0.25) is 0 Å². The molecule has 1 atom stereocenters. The van der Waals surface area contributed by atoms with Crippen molar-refractivity contribution in [3.63, 3.8) is 0 Å². The summed E-state index contributed by atoms with van der Waals surface area (Å²) in [6, 6.07) is 0. The van der Waals surface area contributed by atoms with Crippen molar-refractivity contribution in [1.29, 1.82) is 0 Å². The number of amides is 1. The summed E-state index contributed by atoms with van der Waals surface area (Å²) in [4.78, 5) is 10.2. The summed E-state index contributed by atoms with van der Waals surface area (Å²) >= 11 is 0. The van der Waals surface area contributed by atoms with Gasteiger partial charge in [-0.1, -0.05) is 13.0 Å². The molecule has 1 amide bonds. The van der Waals surface area contributed by atoms with E-state index >= 15 is 0 Å². The van der Waals surface area contributed by atoms with Gasteiger partial charge in [0.15, 0.2) is 0 Å². The van der Waals surface area contributed by atoms with E-state index in [9.17, 15) is 4.79 Å². The second-order valence-corrected chi connectivity index (χ2v) is 2.81. The van der Waals surface area contributed by atoms with Crippen molar-refractivity contribution in [1.82, 2.24) is 0 Å². The molecule has 11 heavy (non-hydrogen) atoms. The summed E-state index contributed by atoms with van der Waals surface area (Å²) in [5.74, 6) is 0.696. The van der Waals surface area contributed by atoms with Crippen LogP contribution in [0.1, 0.15) is 19.8 Å². The lowest BCUT2D eigenvalue weighted by Gasteiger charge is -2.23. The first-order valence-corrected chi connectivity index (χ1v) is 3.84. The minimum Gasteiger partial charge on any atom is -0.445 e. The van der Waals surface area contributed by atoms with Gasteiger partial charge in [0.25, 0.3) is 0 Å². The summed E-state index contributed by atoms with van der Waals surface area (Å²) in [6.07, 6.45) is 3.68. The van der Waals surface area contributed by atoms with Gasteiger partial charge in [-0.15, -0.1) is 0 Å². The molecule has 1 aliphatic carbocycles. The van der Waals surface area contributed by atoms with Crippen molar-refractivity contribution in [3.8, 4) is 0 Å². The zero-order chi connectivity index (χ0) is 8.27. The Balaban J connectivity index is 2.16. The van der Waals surface area contributed by atoms with Crippen molar-refractivity contribution < 1.29 is 9.53 Å². The van der Waals surface area contributed by atoms with E-state index in [0.717, 1.165) is 6.42 Å². The van der Waals surface area contributed by atoms with Gasteiger partial charge < -0.3 is 10.5 Å². The van der Waals surface area contributed by atoms with Crippen molar-refractivity contribution >= 4 is 6.09 Å². The Morgan fingerprint density at radius 2 is 2.55 bits per heavy atom. The Kier molecular flexibility index (Phi) is 2.52. The van der Waals surface area contributed by atoms with Crippen LogP contribution in [0.25, 0.3) is 0 Å². The van der Waals surface area contributed by atoms with E-state index in [1.807, 2.05) is 0 Å². The molecular weight excluding hydrogens is 142 g/mol. The second kappa shape index (κ2) is 3.42. The van der Waals surface area contributed by atoms with Crippen LogP contribution in [0, 0.1) is 5.92 Å². The lowest BCUT2D eigenvalue weighted by Crippen LogP contribution is -2.19. The Morgan fingerprint density at radius 3 is 3.00 bits per heavy atom. The third kappa shape index (κ3) is 2.26. The van der Waals surface area contributed by atoms with Crippen LogP contribution in [0.4, 0.5) is 4.79 Å². The minimum absolute atomic E-state index is 0.381. The molecular formula is C8H13NO2. The molecule has 0 aliphatic heterocycles. The molecule has 1 rings (SSSR count). The average Bonchev–Trinajstić information content (AvgIpc) is 1.84. The molecule has 62 valence electrons. The Morgan fingerprint density at radius 1 is 1.91 bits per heavy atom. The number of nitrogens with two attached hydrogens (primary N) is 1. The van der Waals surface area contributed by atoms with Crippen LogP contribution < -0.4 is 5.73 Å². The fraction of sp³-hybridized carbons (Fsp3) is 0.625. The summed E-state index contributed by atoms with van der Waals surface area (Å²) in [7, 11) is 0. The zero-order valence-corrected chi connectivity index (χ0v) is 6.67. The fourth-order valence-corrected chi connectivity index (χ4v) is 1.17. The van der Waals surface area contributed by atoms with Gasteiger partial charge in [0.2, 0.25) is 0 Å². The molecule has 0 bridgehead atoms. The van der Waals surface area contributed by atoms with Gasteiger partial charge in [-0.2, -0.15) is 0 Å². The smallest absolute Gasteiger partial charge is 0.404 e. The second-order valence-electron chi connectivity index (χ2n) is 2.81. The Bertz CT molecular complexity index is 187. The number of ether oxygens (including phenoxy) is 1. The van der Waals surface area contributed by atoms with Crippen LogP contribution >= 0.6 is 0 Å². The molecule has 0 heterocycles. The molecule has 0 aromatic rings. The normalized spacial score (nSPS) is 21.9. The number of allylic oxidation sites excluding steroid dienone is 1. The Labute approximate surface area is 66.2 Å². The summed E-state index contributed by atoms with van der Waals surface area (Å²) < 4.78 is 4.61. The summed E-state index contributed by atoms with van der Waals surface area (Å²) in [6.45, 7) is 2.53. The number of primary amides is 1. The van der Waals surface area contributed by atoms with E-state index in [1.54, 1.807) is 0 Å². The van der Waals surface area contributed by atoms with Crippen LogP contribution in [-0.2, 0) is 4.74 Å². The number of carbonyl (C=O) groups is 1. The zero-order valence-electron chi connectivity index (χ0n) is 6.67. The topological polar surface area (TPSA) is 52.3 Å².